The van der Waals surface area contributed by atoms with Crippen LogP contribution in [0.1, 0.15) is 38.4 Å². The number of benzene rings is 1. The number of rotatable bonds is 3. The molecule has 0 amide bonds. The summed E-state index contributed by atoms with van der Waals surface area (Å²) in [6.45, 7) is 4.32. The molecule has 16 heavy (non-hydrogen) atoms. The molecule has 2 atom stereocenters. The Kier molecular flexibility index (Phi) is 3.21. The molecule has 0 saturated heterocycles. The average molecular weight is 219 g/mol. The molecule has 4 heteroatoms. The molecule has 0 fully saturated rings. The lowest BCUT2D eigenvalue weighted by Gasteiger charge is -2.20. The Bertz CT molecular complexity index is 383. The van der Waals surface area contributed by atoms with Gasteiger partial charge in [0, 0.05) is 5.69 Å². The van der Waals surface area contributed by atoms with Crippen molar-refractivity contribution in [1.82, 2.24) is 0 Å². The van der Waals surface area contributed by atoms with E-state index in [-0.39, 0.29) is 6.10 Å². The molecule has 1 heterocycles. The van der Waals surface area contributed by atoms with Crippen LogP contribution in [-0.4, -0.2) is 12.1 Å². The molecule has 0 aliphatic carbocycles. The van der Waals surface area contributed by atoms with Crippen molar-refractivity contribution in [3.8, 4) is 0 Å². The van der Waals surface area contributed by atoms with Gasteiger partial charge in [-0.05, 0) is 35.5 Å². The number of anilines is 1. The summed E-state index contributed by atoms with van der Waals surface area (Å²) >= 11 is 0. The van der Waals surface area contributed by atoms with E-state index in [9.17, 15) is 5.02 Å². The molecule has 1 aromatic rings. The highest BCUT2D eigenvalue weighted by molar-refractivity contribution is 6.61. The van der Waals surface area contributed by atoms with Crippen LogP contribution in [0, 0.1) is 5.92 Å². The van der Waals surface area contributed by atoms with Crippen LogP contribution in [0.4, 0.5) is 5.69 Å². The van der Waals surface area contributed by atoms with Crippen LogP contribution in [0.15, 0.2) is 18.2 Å². The van der Waals surface area contributed by atoms with Gasteiger partial charge >= 0.3 is 7.12 Å². The van der Waals surface area contributed by atoms with Crippen LogP contribution < -0.4 is 11.2 Å². The van der Waals surface area contributed by atoms with E-state index in [0.717, 1.165) is 23.9 Å². The Hall–Kier alpha value is -0.995. The molecule has 1 aliphatic heterocycles. The molecule has 0 radical (unpaired) electrons. The first-order valence-corrected chi connectivity index (χ1v) is 5.86. The van der Waals surface area contributed by atoms with Gasteiger partial charge in [-0.1, -0.05) is 26.3 Å². The van der Waals surface area contributed by atoms with Crippen molar-refractivity contribution in [3.05, 3.63) is 23.8 Å². The highest BCUT2D eigenvalue weighted by Crippen LogP contribution is 2.33. The van der Waals surface area contributed by atoms with Crippen LogP contribution in [-0.2, 0) is 4.65 Å². The van der Waals surface area contributed by atoms with Gasteiger partial charge in [-0.15, -0.1) is 0 Å². The van der Waals surface area contributed by atoms with E-state index in [2.05, 4.69) is 13.8 Å². The number of hydrogen-bond acceptors (Lipinski definition) is 3. The first-order valence-electron chi connectivity index (χ1n) is 5.86. The van der Waals surface area contributed by atoms with Crippen LogP contribution in [0.3, 0.4) is 0 Å². The van der Waals surface area contributed by atoms with Crippen molar-refractivity contribution in [2.45, 2.75) is 32.8 Å². The van der Waals surface area contributed by atoms with Gasteiger partial charge in [-0.2, -0.15) is 0 Å². The van der Waals surface area contributed by atoms with E-state index in [1.54, 1.807) is 6.07 Å². The molecule has 0 spiro atoms. The highest BCUT2D eigenvalue weighted by atomic mass is 16.5. The molecule has 3 nitrogen and oxygen atoms in total. The molecular formula is C12H18BNO2. The molecule has 1 aliphatic rings. The lowest BCUT2D eigenvalue weighted by Crippen LogP contribution is -2.28. The van der Waals surface area contributed by atoms with Crippen molar-refractivity contribution >= 4 is 18.3 Å². The van der Waals surface area contributed by atoms with Crippen molar-refractivity contribution in [1.29, 1.82) is 0 Å². The molecule has 0 aromatic heterocycles. The van der Waals surface area contributed by atoms with E-state index in [0.29, 0.717) is 11.6 Å². The summed E-state index contributed by atoms with van der Waals surface area (Å²) in [5.41, 5.74) is 8.29. The smallest absolute Gasteiger partial charge is 0.423 e. The van der Waals surface area contributed by atoms with Crippen molar-refractivity contribution < 1.29 is 9.68 Å². The van der Waals surface area contributed by atoms with E-state index in [4.69, 9.17) is 10.4 Å². The summed E-state index contributed by atoms with van der Waals surface area (Å²) in [6.07, 6.45) is 2.23. The van der Waals surface area contributed by atoms with Crippen molar-refractivity contribution in [3.63, 3.8) is 0 Å². The van der Waals surface area contributed by atoms with Gasteiger partial charge in [0.25, 0.3) is 0 Å². The predicted molar refractivity (Wildman–Crippen MR) is 66.4 cm³/mol. The number of nitrogen functional groups attached to an aromatic ring is 1. The fourth-order valence-electron chi connectivity index (χ4n) is 2.40. The summed E-state index contributed by atoms with van der Waals surface area (Å²) in [4.78, 5) is 0. The SMILES string of the molecule is CCCC(C)C1OB(O)c2cc(N)ccc21. The van der Waals surface area contributed by atoms with Gasteiger partial charge in [0.2, 0.25) is 0 Å². The lowest BCUT2D eigenvalue weighted by atomic mass is 9.78. The maximum atomic E-state index is 9.82. The van der Waals surface area contributed by atoms with E-state index >= 15 is 0 Å². The quantitative estimate of drug-likeness (QED) is 0.597. The second-order valence-corrected chi connectivity index (χ2v) is 4.56. The standard InChI is InChI=1S/C12H18BNO2/c1-3-4-8(2)12-10-6-5-9(14)7-11(10)13(15)16-12/h5-8,12,15H,3-4,14H2,1-2H3. The van der Waals surface area contributed by atoms with Crippen LogP contribution in [0.25, 0.3) is 0 Å². The zero-order valence-electron chi connectivity index (χ0n) is 9.81. The van der Waals surface area contributed by atoms with Gasteiger partial charge in [-0.25, -0.2) is 0 Å². The summed E-state index contributed by atoms with van der Waals surface area (Å²) in [7, 11) is -0.817. The van der Waals surface area contributed by atoms with Crippen molar-refractivity contribution in [2.75, 3.05) is 5.73 Å². The third-order valence-corrected chi connectivity index (χ3v) is 3.22. The first-order chi connectivity index (χ1) is 7.63. The van der Waals surface area contributed by atoms with Gasteiger partial charge in [0.05, 0.1) is 6.10 Å². The van der Waals surface area contributed by atoms with Gasteiger partial charge in [0.15, 0.2) is 0 Å². The normalized spacial score (nSPS) is 20.9. The average Bonchev–Trinajstić information content (AvgIpc) is 2.56. The molecule has 0 bridgehead atoms. The third-order valence-electron chi connectivity index (χ3n) is 3.22. The minimum absolute atomic E-state index is 0.00514. The van der Waals surface area contributed by atoms with Gasteiger partial charge < -0.3 is 15.4 Å². The Labute approximate surface area is 96.8 Å². The van der Waals surface area contributed by atoms with E-state index in [1.807, 2.05) is 12.1 Å². The third kappa shape index (κ3) is 1.95. The molecule has 0 saturated carbocycles. The summed E-state index contributed by atoms with van der Waals surface area (Å²) in [5.74, 6) is 0.421. The zero-order chi connectivity index (χ0) is 11.7. The minimum atomic E-state index is -0.817. The molecular weight excluding hydrogens is 201 g/mol. The Morgan fingerprint density at radius 1 is 1.56 bits per heavy atom. The number of fused-ring (bicyclic) bond motifs is 1. The monoisotopic (exact) mass is 219 g/mol. The van der Waals surface area contributed by atoms with Crippen molar-refractivity contribution in [2.24, 2.45) is 5.92 Å². The first kappa shape index (κ1) is 11.5. The second kappa shape index (κ2) is 4.48. The van der Waals surface area contributed by atoms with Crippen LogP contribution in [0.5, 0.6) is 0 Å². The molecule has 3 N–H and O–H groups in total. The number of hydrogen-bond donors (Lipinski definition) is 2. The van der Waals surface area contributed by atoms with E-state index < -0.39 is 7.12 Å². The van der Waals surface area contributed by atoms with Gasteiger partial charge in [-0.3, -0.25) is 0 Å². The molecule has 86 valence electrons. The maximum absolute atomic E-state index is 9.82. The van der Waals surface area contributed by atoms with Crippen LogP contribution >= 0.6 is 0 Å². The Morgan fingerprint density at radius 2 is 2.31 bits per heavy atom. The fraction of sp³-hybridized carbons (Fsp3) is 0.500. The maximum Gasteiger partial charge on any atom is 0.492 e. The predicted octanol–water partition coefficient (Wildman–Crippen LogP) is 1.46. The summed E-state index contributed by atoms with van der Waals surface area (Å²) in [5, 5.41) is 9.82. The fourth-order valence-corrected chi connectivity index (χ4v) is 2.40. The molecule has 2 unspecified atom stereocenters. The van der Waals surface area contributed by atoms with E-state index in [1.165, 1.54) is 0 Å². The highest BCUT2D eigenvalue weighted by Gasteiger charge is 2.37. The molecule has 2 rings (SSSR count). The summed E-state index contributed by atoms with van der Waals surface area (Å²) < 4.78 is 5.60. The zero-order valence-corrected chi connectivity index (χ0v) is 9.81. The topological polar surface area (TPSA) is 55.5 Å². The minimum Gasteiger partial charge on any atom is -0.423 e. The summed E-state index contributed by atoms with van der Waals surface area (Å²) in [6, 6.07) is 5.64. The molecule has 1 aromatic carbocycles. The van der Waals surface area contributed by atoms with Crippen LogP contribution in [0.2, 0.25) is 0 Å². The Balaban J connectivity index is 2.28. The second-order valence-electron chi connectivity index (χ2n) is 4.56. The largest absolute Gasteiger partial charge is 0.492 e. The Morgan fingerprint density at radius 3 is 3.00 bits per heavy atom. The lowest BCUT2D eigenvalue weighted by molar-refractivity contribution is 0.129. The van der Waals surface area contributed by atoms with Gasteiger partial charge in [0.1, 0.15) is 0 Å². The number of nitrogens with two attached hydrogens (primary N) is 1.